The lowest BCUT2D eigenvalue weighted by atomic mass is 10.2. The Morgan fingerprint density at radius 3 is 2.68 bits per heavy atom. The molecule has 1 heterocycles. The molecule has 9 heteroatoms. The first kappa shape index (κ1) is 18.2. The Morgan fingerprint density at radius 2 is 1.89 bits per heavy atom. The van der Waals surface area contributed by atoms with Gasteiger partial charge >= 0.3 is 0 Å². The summed E-state index contributed by atoms with van der Waals surface area (Å²) in [7, 11) is 0. The molecule has 1 amide bonds. The highest BCUT2D eigenvalue weighted by atomic mass is 32.2. The number of amides is 1. The molecule has 0 unspecified atom stereocenters. The molecular formula is C19H17N5O3S. The number of anilines is 2. The monoisotopic (exact) mass is 395 g/mol. The molecule has 0 radical (unpaired) electrons. The maximum absolute atomic E-state index is 12.3. The number of para-hydroxylation sites is 3. The third kappa shape index (κ3) is 4.20. The van der Waals surface area contributed by atoms with Gasteiger partial charge in [0, 0.05) is 17.5 Å². The standard InChI is InChI=1S/C19H17N5O3S/c25-17(21-15-7-3-4-8-16(15)24(26)27)11-28-19-22-14-6-2-1-5-13(14)18(23-19)20-12-9-10-12/h1-8,12H,9-11H2,(H,21,25)(H,20,22,23). The van der Waals surface area contributed by atoms with Crippen molar-refractivity contribution >= 4 is 45.8 Å². The van der Waals surface area contributed by atoms with Gasteiger partial charge in [-0.15, -0.1) is 0 Å². The molecule has 0 saturated heterocycles. The predicted octanol–water partition coefficient (Wildman–Crippen LogP) is 3.84. The van der Waals surface area contributed by atoms with Crippen LogP contribution in [0.15, 0.2) is 53.7 Å². The summed E-state index contributed by atoms with van der Waals surface area (Å²) in [5.41, 5.74) is 0.842. The van der Waals surface area contributed by atoms with Gasteiger partial charge in [0.15, 0.2) is 5.16 Å². The van der Waals surface area contributed by atoms with Crippen LogP contribution in [0.2, 0.25) is 0 Å². The molecule has 0 atom stereocenters. The summed E-state index contributed by atoms with van der Waals surface area (Å²) >= 11 is 1.19. The normalized spacial score (nSPS) is 13.3. The predicted molar refractivity (Wildman–Crippen MR) is 109 cm³/mol. The minimum absolute atomic E-state index is 0.0489. The Hall–Kier alpha value is -3.20. The van der Waals surface area contributed by atoms with Crippen LogP contribution < -0.4 is 10.6 Å². The maximum atomic E-state index is 12.3. The third-order valence-electron chi connectivity index (χ3n) is 4.21. The third-order valence-corrected chi connectivity index (χ3v) is 5.06. The second-order valence-electron chi connectivity index (χ2n) is 6.40. The molecule has 0 aliphatic heterocycles. The van der Waals surface area contributed by atoms with Gasteiger partial charge < -0.3 is 10.6 Å². The highest BCUT2D eigenvalue weighted by molar-refractivity contribution is 7.99. The minimum Gasteiger partial charge on any atom is -0.367 e. The van der Waals surface area contributed by atoms with Crippen molar-refractivity contribution in [2.24, 2.45) is 0 Å². The fourth-order valence-electron chi connectivity index (χ4n) is 2.71. The molecule has 1 aliphatic carbocycles. The second-order valence-corrected chi connectivity index (χ2v) is 7.34. The van der Waals surface area contributed by atoms with Crippen molar-refractivity contribution in [2.75, 3.05) is 16.4 Å². The van der Waals surface area contributed by atoms with Gasteiger partial charge in [-0.1, -0.05) is 36.0 Å². The number of nitro groups is 1. The first-order valence-electron chi connectivity index (χ1n) is 8.79. The average molecular weight is 395 g/mol. The molecule has 0 spiro atoms. The van der Waals surface area contributed by atoms with Gasteiger partial charge in [-0.3, -0.25) is 14.9 Å². The fourth-order valence-corrected chi connectivity index (χ4v) is 3.36. The molecule has 142 valence electrons. The maximum Gasteiger partial charge on any atom is 0.292 e. The van der Waals surface area contributed by atoms with E-state index in [1.165, 1.54) is 23.9 Å². The molecule has 4 rings (SSSR count). The first-order valence-corrected chi connectivity index (χ1v) is 9.78. The van der Waals surface area contributed by atoms with Crippen LogP contribution in [-0.4, -0.2) is 32.6 Å². The number of nitro benzene ring substituents is 1. The molecule has 1 saturated carbocycles. The van der Waals surface area contributed by atoms with Gasteiger partial charge in [-0.2, -0.15) is 0 Å². The quantitative estimate of drug-likeness (QED) is 0.271. The number of thioether (sulfide) groups is 1. The Bertz CT molecular complexity index is 1050. The van der Waals surface area contributed by atoms with Crippen LogP contribution in [0, 0.1) is 10.1 Å². The van der Waals surface area contributed by atoms with Crippen LogP contribution in [0.25, 0.3) is 10.9 Å². The van der Waals surface area contributed by atoms with Crippen molar-refractivity contribution < 1.29 is 9.72 Å². The SMILES string of the molecule is O=C(CSc1nc(NC2CC2)c2ccccc2n1)Nc1ccccc1[N+](=O)[O-]. The number of benzene rings is 2. The van der Waals surface area contributed by atoms with E-state index in [4.69, 9.17) is 0 Å². The number of hydrogen-bond acceptors (Lipinski definition) is 7. The van der Waals surface area contributed by atoms with Gasteiger partial charge in [0.05, 0.1) is 16.2 Å². The van der Waals surface area contributed by atoms with Crippen LogP contribution >= 0.6 is 11.8 Å². The summed E-state index contributed by atoms with van der Waals surface area (Å²) in [5.74, 6) is 0.468. The van der Waals surface area contributed by atoms with E-state index in [9.17, 15) is 14.9 Å². The molecular weight excluding hydrogens is 378 g/mol. The van der Waals surface area contributed by atoms with Crippen LogP contribution in [-0.2, 0) is 4.79 Å². The van der Waals surface area contributed by atoms with E-state index < -0.39 is 4.92 Å². The number of nitrogens with one attached hydrogen (secondary N) is 2. The van der Waals surface area contributed by atoms with Crippen molar-refractivity contribution in [3.8, 4) is 0 Å². The molecule has 0 bridgehead atoms. The van der Waals surface area contributed by atoms with Gasteiger partial charge in [0.2, 0.25) is 5.91 Å². The van der Waals surface area contributed by atoms with Gasteiger partial charge in [-0.25, -0.2) is 9.97 Å². The van der Waals surface area contributed by atoms with E-state index in [1.807, 2.05) is 24.3 Å². The van der Waals surface area contributed by atoms with Crippen LogP contribution in [0.3, 0.4) is 0 Å². The number of carbonyl (C=O) groups excluding carboxylic acids is 1. The van der Waals surface area contributed by atoms with Crippen molar-refractivity contribution in [1.29, 1.82) is 0 Å². The van der Waals surface area contributed by atoms with E-state index >= 15 is 0 Å². The summed E-state index contributed by atoms with van der Waals surface area (Å²) < 4.78 is 0. The van der Waals surface area contributed by atoms with Crippen LogP contribution in [0.4, 0.5) is 17.2 Å². The first-order chi connectivity index (χ1) is 13.6. The highest BCUT2D eigenvalue weighted by Crippen LogP contribution is 2.30. The summed E-state index contributed by atoms with van der Waals surface area (Å²) in [6.45, 7) is 0. The Labute approximate surface area is 164 Å². The number of nitrogens with zero attached hydrogens (tertiary/aromatic N) is 3. The summed E-state index contributed by atoms with van der Waals surface area (Å²) in [4.78, 5) is 31.9. The fraction of sp³-hybridized carbons (Fsp3) is 0.211. The van der Waals surface area contributed by atoms with Gasteiger partial charge in [-0.05, 0) is 31.0 Å². The highest BCUT2D eigenvalue weighted by Gasteiger charge is 2.23. The van der Waals surface area contributed by atoms with E-state index in [-0.39, 0.29) is 23.0 Å². The molecule has 2 N–H and O–H groups in total. The lowest BCUT2D eigenvalue weighted by Gasteiger charge is -2.10. The summed E-state index contributed by atoms with van der Waals surface area (Å²) in [6.07, 6.45) is 2.25. The van der Waals surface area contributed by atoms with Crippen LogP contribution in [0.5, 0.6) is 0 Å². The molecule has 28 heavy (non-hydrogen) atoms. The van der Waals surface area contributed by atoms with Crippen molar-refractivity contribution in [1.82, 2.24) is 9.97 Å². The number of hydrogen-bond donors (Lipinski definition) is 2. The number of aromatic nitrogens is 2. The molecule has 1 aliphatic rings. The van der Waals surface area contributed by atoms with E-state index in [1.54, 1.807) is 12.1 Å². The zero-order chi connectivity index (χ0) is 19.5. The lowest BCUT2D eigenvalue weighted by molar-refractivity contribution is -0.383. The second kappa shape index (κ2) is 7.81. The zero-order valence-corrected chi connectivity index (χ0v) is 15.6. The molecule has 1 fully saturated rings. The summed E-state index contributed by atoms with van der Waals surface area (Å²) in [6, 6.07) is 14.2. The van der Waals surface area contributed by atoms with Gasteiger partial charge in [0.25, 0.3) is 5.69 Å². The Morgan fingerprint density at radius 1 is 1.14 bits per heavy atom. The van der Waals surface area contributed by atoms with E-state index in [0.717, 1.165) is 29.6 Å². The van der Waals surface area contributed by atoms with Crippen LogP contribution in [0.1, 0.15) is 12.8 Å². The molecule has 1 aromatic heterocycles. The lowest BCUT2D eigenvalue weighted by Crippen LogP contribution is -2.15. The average Bonchev–Trinajstić information content (AvgIpc) is 3.51. The number of rotatable bonds is 7. The van der Waals surface area contributed by atoms with E-state index in [2.05, 4.69) is 20.6 Å². The molecule has 8 nitrogen and oxygen atoms in total. The number of carbonyl (C=O) groups is 1. The summed E-state index contributed by atoms with van der Waals surface area (Å²) in [5, 5.41) is 18.5. The van der Waals surface area contributed by atoms with E-state index in [0.29, 0.717) is 11.2 Å². The van der Waals surface area contributed by atoms with Gasteiger partial charge in [0.1, 0.15) is 11.5 Å². The smallest absolute Gasteiger partial charge is 0.292 e. The topological polar surface area (TPSA) is 110 Å². The largest absolute Gasteiger partial charge is 0.367 e. The number of fused-ring (bicyclic) bond motifs is 1. The molecule has 2 aromatic carbocycles. The van der Waals surface area contributed by atoms with Crippen molar-refractivity contribution in [3.05, 3.63) is 58.6 Å². The van der Waals surface area contributed by atoms with Crippen molar-refractivity contribution in [2.45, 2.75) is 24.0 Å². The Kier molecular flexibility index (Phi) is 5.07. The zero-order valence-electron chi connectivity index (χ0n) is 14.8. The Balaban J connectivity index is 1.48. The van der Waals surface area contributed by atoms with Crippen molar-refractivity contribution in [3.63, 3.8) is 0 Å². The molecule has 3 aromatic rings. The minimum atomic E-state index is -0.523.